The number of aromatic nitrogens is 1. The Balaban J connectivity index is 2.07. The van der Waals surface area contributed by atoms with Crippen LogP contribution in [0.2, 0.25) is 0 Å². The van der Waals surface area contributed by atoms with Crippen molar-refractivity contribution >= 4 is 40.5 Å². The van der Waals surface area contributed by atoms with Crippen molar-refractivity contribution in [3.63, 3.8) is 0 Å². The van der Waals surface area contributed by atoms with E-state index in [2.05, 4.69) is 20.9 Å². The summed E-state index contributed by atoms with van der Waals surface area (Å²) in [5.74, 6) is -4.90. The molecule has 0 spiro atoms. The molecular weight excluding hydrogens is 496 g/mol. The fraction of sp³-hybridized carbons (Fsp3) is 0.480. The first-order valence-corrected chi connectivity index (χ1v) is 12.2. The lowest BCUT2D eigenvalue weighted by Gasteiger charge is -2.28. The molecule has 0 aliphatic carbocycles. The Morgan fingerprint density at radius 2 is 1.55 bits per heavy atom. The number of primary amides is 1. The summed E-state index contributed by atoms with van der Waals surface area (Å²) in [6.45, 7) is 4.60. The van der Waals surface area contributed by atoms with Crippen LogP contribution in [0.3, 0.4) is 0 Å². The number of hydrogen-bond donors (Lipinski definition) is 8. The van der Waals surface area contributed by atoms with Gasteiger partial charge in [0.15, 0.2) is 0 Å². The fourth-order valence-electron chi connectivity index (χ4n) is 3.88. The van der Waals surface area contributed by atoms with Crippen molar-refractivity contribution in [2.75, 3.05) is 0 Å². The standard InChI is InChI=1S/C25H36N6O7/c1-12(2)20(30-22(34)16(26)10-14-11-28-17-7-5-4-6-15(14)17)23(35)31-21(13(3)32)24(36)29-18(25(37)38)8-9-19(27)33/h4-7,11-13,16,18,20-21,28,32H,8-10,26H2,1-3H3,(H2,27,33)(H,29,36)(H,30,34)(H,31,35)(H,37,38). The van der Waals surface area contributed by atoms with Gasteiger partial charge in [-0.3, -0.25) is 19.2 Å². The Kier molecular flexibility index (Phi) is 10.8. The molecule has 0 radical (unpaired) electrons. The molecule has 1 aromatic heterocycles. The predicted octanol–water partition coefficient (Wildman–Crippen LogP) is -1.12. The van der Waals surface area contributed by atoms with E-state index in [1.807, 2.05) is 24.3 Å². The van der Waals surface area contributed by atoms with Gasteiger partial charge in [-0.15, -0.1) is 0 Å². The summed E-state index contributed by atoms with van der Waals surface area (Å²) >= 11 is 0. The van der Waals surface area contributed by atoms with Gasteiger partial charge in [0.1, 0.15) is 18.1 Å². The minimum atomic E-state index is -1.53. The van der Waals surface area contributed by atoms with Crippen molar-refractivity contribution in [1.82, 2.24) is 20.9 Å². The molecule has 13 heteroatoms. The zero-order valence-electron chi connectivity index (χ0n) is 21.6. The molecular formula is C25H36N6O7. The number of para-hydroxylation sites is 1. The second-order valence-electron chi connectivity index (χ2n) is 9.53. The second-order valence-corrected chi connectivity index (χ2v) is 9.53. The van der Waals surface area contributed by atoms with Crippen LogP contribution in [0.25, 0.3) is 10.9 Å². The number of amides is 4. The van der Waals surface area contributed by atoms with Gasteiger partial charge in [0.25, 0.3) is 0 Å². The van der Waals surface area contributed by atoms with Crippen LogP contribution in [0.5, 0.6) is 0 Å². The van der Waals surface area contributed by atoms with Gasteiger partial charge < -0.3 is 42.6 Å². The van der Waals surface area contributed by atoms with Crippen molar-refractivity contribution in [2.24, 2.45) is 17.4 Å². The van der Waals surface area contributed by atoms with Gasteiger partial charge in [-0.1, -0.05) is 32.0 Å². The van der Waals surface area contributed by atoms with Crippen LogP contribution in [-0.2, 0) is 30.4 Å². The van der Waals surface area contributed by atoms with E-state index in [0.29, 0.717) is 0 Å². The highest BCUT2D eigenvalue weighted by molar-refractivity contribution is 5.95. The molecule has 0 aliphatic heterocycles. The van der Waals surface area contributed by atoms with E-state index in [0.717, 1.165) is 16.5 Å². The van der Waals surface area contributed by atoms with E-state index in [4.69, 9.17) is 11.5 Å². The maximum Gasteiger partial charge on any atom is 0.326 e. The van der Waals surface area contributed by atoms with Crippen molar-refractivity contribution in [3.05, 3.63) is 36.0 Å². The van der Waals surface area contributed by atoms with Gasteiger partial charge in [0.05, 0.1) is 12.1 Å². The zero-order chi connectivity index (χ0) is 28.6. The summed E-state index contributed by atoms with van der Waals surface area (Å²) in [5.41, 5.74) is 12.9. The lowest BCUT2D eigenvalue weighted by atomic mass is 10.00. The molecule has 5 unspecified atom stereocenters. The number of carboxylic acid groups (broad SMARTS) is 1. The third-order valence-electron chi connectivity index (χ3n) is 6.06. The zero-order valence-corrected chi connectivity index (χ0v) is 21.6. The number of aliphatic carboxylic acids is 1. The number of aliphatic hydroxyl groups is 1. The molecule has 4 amide bonds. The van der Waals surface area contributed by atoms with Gasteiger partial charge in [-0.2, -0.15) is 0 Å². The van der Waals surface area contributed by atoms with Crippen LogP contribution in [0.1, 0.15) is 39.2 Å². The second kappa shape index (κ2) is 13.5. The monoisotopic (exact) mass is 532 g/mol. The van der Waals surface area contributed by atoms with E-state index in [-0.39, 0.29) is 19.3 Å². The molecule has 0 saturated heterocycles. The molecule has 0 aliphatic rings. The van der Waals surface area contributed by atoms with Crippen LogP contribution >= 0.6 is 0 Å². The third kappa shape index (κ3) is 8.28. The molecule has 2 rings (SSSR count). The molecule has 0 saturated carbocycles. The average molecular weight is 533 g/mol. The first kappa shape index (κ1) is 30.3. The quantitative estimate of drug-likeness (QED) is 0.148. The molecule has 208 valence electrons. The Labute approximate surface area is 219 Å². The number of nitrogens with one attached hydrogen (secondary N) is 4. The topological polar surface area (TPSA) is 230 Å². The number of hydrogen-bond acceptors (Lipinski definition) is 7. The molecule has 38 heavy (non-hydrogen) atoms. The summed E-state index contributed by atoms with van der Waals surface area (Å²) < 4.78 is 0. The van der Waals surface area contributed by atoms with Crippen LogP contribution < -0.4 is 27.4 Å². The molecule has 10 N–H and O–H groups in total. The smallest absolute Gasteiger partial charge is 0.326 e. The number of H-pyrrole nitrogens is 1. The summed E-state index contributed by atoms with van der Waals surface area (Å²) in [6.07, 6.45) is 0.0173. The van der Waals surface area contributed by atoms with Crippen LogP contribution in [-0.4, -0.2) is 75.1 Å². The SMILES string of the molecule is CC(C)C(NC(=O)C(N)Cc1c[nH]c2ccccc12)C(=O)NC(C(=O)NC(CCC(N)=O)C(=O)O)C(C)O. The molecule has 5 atom stereocenters. The Bertz CT molecular complexity index is 1160. The summed E-state index contributed by atoms with van der Waals surface area (Å²) in [6, 6.07) is 2.48. The third-order valence-corrected chi connectivity index (χ3v) is 6.06. The van der Waals surface area contributed by atoms with Crippen LogP contribution in [0.15, 0.2) is 30.5 Å². The number of carboxylic acids is 1. The number of nitrogens with two attached hydrogens (primary N) is 2. The largest absolute Gasteiger partial charge is 0.480 e. The number of rotatable bonds is 14. The van der Waals surface area contributed by atoms with Gasteiger partial charge >= 0.3 is 5.97 Å². The molecule has 13 nitrogen and oxygen atoms in total. The molecule has 0 fully saturated rings. The number of aliphatic hydroxyl groups excluding tert-OH is 1. The van der Waals surface area contributed by atoms with Gasteiger partial charge in [0, 0.05) is 23.5 Å². The molecule has 1 heterocycles. The van der Waals surface area contributed by atoms with Crippen molar-refractivity contribution < 1.29 is 34.2 Å². The van der Waals surface area contributed by atoms with E-state index >= 15 is 0 Å². The minimum absolute atomic E-state index is 0.211. The number of carbonyl (C=O) groups is 5. The first-order chi connectivity index (χ1) is 17.8. The van der Waals surface area contributed by atoms with Gasteiger partial charge in [-0.05, 0) is 37.3 Å². The first-order valence-electron chi connectivity index (χ1n) is 12.2. The number of fused-ring (bicyclic) bond motifs is 1. The highest BCUT2D eigenvalue weighted by Gasteiger charge is 2.34. The van der Waals surface area contributed by atoms with E-state index in [1.54, 1.807) is 20.0 Å². The Hall–Kier alpha value is -3.97. The normalized spacial score (nSPS) is 15.2. The van der Waals surface area contributed by atoms with Gasteiger partial charge in [0.2, 0.25) is 23.6 Å². The lowest BCUT2D eigenvalue weighted by Crippen LogP contribution is -2.60. The van der Waals surface area contributed by atoms with Crippen molar-refractivity contribution in [3.8, 4) is 0 Å². The summed E-state index contributed by atoms with van der Waals surface area (Å²) in [7, 11) is 0. The lowest BCUT2D eigenvalue weighted by molar-refractivity contribution is -0.143. The van der Waals surface area contributed by atoms with Crippen LogP contribution in [0.4, 0.5) is 0 Å². The maximum atomic E-state index is 13.0. The Morgan fingerprint density at radius 1 is 0.947 bits per heavy atom. The van der Waals surface area contributed by atoms with Crippen molar-refractivity contribution in [2.45, 2.75) is 70.3 Å². The summed E-state index contributed by atoms with van der Waals surface area (Å²) in [4.78, 5) is 64.2. The molecule has 2 aromatic rings. The molecule has 0 bridgehead atoms. The number of carbonyl (C=O) groups excluding carboxylic acids is 4. The maximum absolute atomic E-state index is 13.0. The number of benzene rings is 1. The van der Waals surface area contributed by atoms with E-state index < -0.39 is 65.8 Å². The highest BCUT2D eigenvalue weighted by atomic mass is 16.4. The highest BCUT2D eigenvalue weighted by Crippen LogP contribution is 2.19. The fourth-order valence-corrected chi connectivity index (χ4v) is 3.88. The minimum Gasteiger partial charge on any atom is -0.480 e. The van der Waals surface area contributed by atoms with Crippen molar-refractivity contribution in [1.29, 1.82) is 0 Å². The average Bonchev–Trinajstić information content (AvgIpc) is 3.24. The Morgan fingerprint density at radius 3 is 2.13 bits per heavy atom. The van der Waals surface area contributed by atoms with E-state index in [1.165, 1.54) is 6.92 Å². The van der Waals surface area contributed by atoms with Crippen LogP contribution in [0, 0.1) is 5.92 Å². The van der Waals surface area contributed by atoms with E-state index in [9.17, 15) is 34.2 Å². The molecule has 1 aromatic carbocycles. The summed E-state index contributed by atoms with van der Waals surface area (Å²) in [5, 5.41) is 27.5. The number of aromatic amines is 1. The van der Waals surface area contributed by atoms with Gasteiger partial charge in [-0.25, -0.2) is 4.79 Å². The predicted molar refractivity (Wildman–Crippen MR) is 138 cm³/mol.